The molecule has 0 aliphatic carbocycles. The number of nitrogens with one attached hydrogen (secondary N) is 2. The maximum atomic E-state index is 12.2. The molecule has 0 saturated heterocycles. The molecular formula is C23H27N3O2S. The maximum absolute atomic E-state index is 12.2. The Labute approximate surface area is 175 Å². The Morgan fingerprint density at radius 3 is 2.38 bits per heavy atom. The van der Waals surface area contributed by atoms with Crippen LogP contribution in [-0.4, -0.2) is 29.9 Å². The van der Waals surface area contributed by atoms with Crippen molar-refractivity contribution in [2.45, 2.75) is 39.0 Å². The van der Waals surface area contributed by atoms with Gasteiger partial charge in [-0.3, -0.25) is 9.59 Å². The van der Waals surface area contributed by atoms with Gasteiger partial charge >= 0.3 is 0 Å². The van der Waals surface area contributed by atoms with E-state index in [1.54, 1.807) is 11.3 Å². The topological polar surface area (TPSA) is 71.1 Å². The zero-order valence-corrected chi connectivity index (χ0v) is 17.9. The molecule has 0 unspecified atom stereocenters. The Kier molecular flexibility index (Phi) is 6.64. The van der Waals surface area contributed by atoms with Crippen LogP contribution in [0, 0.1) is 0 Å². The van der Waals surface area contributed by atoms with Crippen molar-refractivity contribution in [3.05, 3.63) is 64.7 Å². The fourth-order valence-electron chi connectivity index (χ4n) is 2.94. The van der Waals surface area contributed by atoms with E-state index in [1.165, 1.54) is 5.56 Å². The summed E-state index contributed by atoms with van der Waals surface area (Å²) in [4.78, 5) is 28.8. The van der Waals surface area contributed by atoms with E-state index in [4.69, 9.17) is 0 Å². The second-order valence-corrected chi connectivity index (χ2v) is 9.12. The van der Waals surface area contributed by atoms with E-state index in [0.717, 1.165) is 15.2 Å². The van der Waals surface area contributed by atoms with Crippen molar-refractivity contribution < 1.29 is 9.59 Å². The molecule has 0 aliphatic heterocycles. The number of rotatable bonds is 7. The van der Waals surface area contributed by atoms with Crippen molar-refractivity contribution in [3.8, 4) is 0 Å². The Balaban J connectivity index is 1.37. The maximum Gasteiger partial charge on any atom is 0.251 e. The minimum absolute atomic E-state index is 0.0540. The smallest absolute Gasteiger partial charge is 0.251 e. The zero-order chi connectivity index (χ0) is 20.9. The number of para-hydroxylation sites is 1. The molecular weight excluding hydrogens is 382 g/mol. The van der Waals surface area contributed by atoms with Gasteiger partial charge in [-0.05, 0) is 35.2 Å². The summed E-state index contributed by atoms with van der Waals surface area (Å²) >= 11 is 1.65. The fourth-order valence-corrected chi connectivity index (χ4v) is 3.90. The van der Waals surface area contributed by atoms with Crippen LogP contribution in [0.4, 0.5) is 0 Å². The summed E-state index contributed by atoms with van der Waals surface area (Å²) < 4.78 is 1.16. The summed E-state index contributed by atoms with van der Waals surface area (Å²) in [5.41, 5.74) is 2.84. The SMILES string of the molecule is CC(C)(C)c1ccc(C(=O)NCCC(=O)NCCc2nc3ccccc3s2)cc1. The van der Waals surface area contributed by atoms with Crippen LogP contribution in [0.2, 0.25) is 0 Å². The minimum Gasteiger partial charge on any atom is -0.356 e. The summed E-state index contributed by atoms with van der Waals surface area (Å²) in [6.07, 6.45) is 0.962. The lowest BCUT2D eigenvalue weighted by Gasteiger charge is -2.19. The first-order valence-corrected chi connectivity index (χ1v) is 10.6. The lowest BCUT2D eigenvalue weighted by Crippen LogP contribution is -2.31. The van der Waals surface area contributed by atoms with Gasteiger partial charge in [-0.25, -0.2) is 4.98 Å². The van der Waals surface area contributed by atoms with Gasteiger partial charge in [0.05, 0.1) is 15.2 Å². The normalized spacial score (nSPS) is 11.4. The van der Waals surface area contributed by atoms with E-state index in [2.05, 4.69) is 42.5 Å². The molecule has 152 valence electrons. The van der Waals surface area contributed by atoms with Crippen molar-refractivity contribution in [1.82, 2.24) is 15.6 Å². The molecule has 0 saturated carbocycles. The molecule has 29 heavy (non-hydrogen) atoms. The van der Waals surface area contributed by atoms with Crippen molar-refractivity contribution >= 4 is 33.4 Å². The summed E-state index contributed by atoms with van der Waals surface area (Å²) in [7, 11) is 0. The van der Waals surface area contributed by atoms with Gasteiger partial charge in [0.2, 0.25) is 5.91 Å². The average Bonchev–Trinajstić information content (AvgIpc) is 3.10. The van der Waals surface area contributed by atoms with Crippen LogP contribution >= 0.6 is 11.3 Å². The lowest BCUT2D eigenvalue weighted by atomic mass is 9.87. The monoisotopic (exact) mass is 409 g/mol. The second kappa shape index (κ2) is 9.18. The third-order valence-electron chi connectivity index (χ3n) is 4.65. The molecule has 6 heteroatoms. The van der Waals surface area contributed by atoms with Crippen LogP contribution < -0.4 is 10.6 Å². The number of carbonyl (C=O) groups excluding carboxylic acids is 2. The van der Waals surface area contributed by atoms with E-state index < -0.39 is 0 Å². The minimum atomic E-state index is -0.160. The van der Waals surface area contributed by atoms with Gasteiger partial charge in [0, 0.05) is 31.5 Å². The summed E-state index contributed by atoms with van der Waals surface area (Å²) in [5, 5.41) is 6.71. The Bertz CT molecular complexity index is 954. The van der Waals surface area contributed by atoms with Crippen LogP contribution in [0.3, 0.4) is 0 Å². The molecule has 2 N–H and O–H groups in total. The van der Waals surface area contributed by atoms with Gasteiger partial charge in [-0.1, -0.05) is 45.0 Å². The molecule has 0 bridgehead atoms. The summed E-state index contributed by atoms with van der Waals surface area (Å²) in [6.45, 7) is 7.26. The third kappa shape index (κ3) is 5.87. The number of benzene rings is 2. The molecule has 0 spiro atoms. The van der Waals surface area contributed by atoms with Crippen LogP contribution in [-0.2, 0) is 16.6 Å². The highest BCUT2D eigenvalue weighted by Crippen LogP contribution is 2.22. The zero-order valence-electron chi connectivity index (χ0n) is 17.1. The molecule has 2 aromatic carbocycles. The Morgan fingerprint density at radius 1 is 0.966 bits per heavy atom. The standard InChI is InChI=1S/C23H27N3O2S/c1-23(2,3)17-10-8-16(9-11-17)22(28)25-14-12-20(27)24-15-13-21-26-18-6-4-5-7-19(18)29-21/h4-11H,12-15H2,1-3H3,(H,24,27)(H,25,28). The first kappa shape index (κ1) is 21.0. The van der Waals surface area contributed by atoms with Gasteiger partial charge in [0.1, 0.15) is 0 Å². The number of nitrogens with zero attached hydrogens (tertiary/aromatic N) is 1. The molecule has 5 nitrogen and oxygen atoms in total. The fraction of sp³-hybridized carbons (Fsp3) is 0.348. The van der Waals surface area contributed by atoms with E-state index in [0.29, 0.717) is 25.1 Å². The molecule has 0 fully saturated rings. The molecule has 0 atom stereocenters. The van der Waals surface area contributed by atoms with Crippen LogP contribution in [0.1, 0.15) is 48.1 Å². The summed E-state index contributed by atoms with van der Waals surface area (Å²) in [5.74, 6) is -0.234. The Hall–Kier alpha value is -2.73. The van der Waals surface area contributed by atoms with Gasteiger partial charge in [0.15, 0.2) is 0 Å². The van der Waals surface area contributed by atoms with Crippen molar-refractivity contribution in [2.24, 2.45) is 0 Å². The number of hydrogen-bond donors (Lipinski definition) is 2. The van der Waals surface area contributed by atoms with Crippen LogP contribution in [0.15, 0.2) is 48.5 Å². The average molecular weight is 410 g/mol. The molecule has 0 aliphatic rings. The van der Waals surface area contributed by atoms with Gasteiger partial charge in [0.25, 0.3) is 5.91 Å². The van der Waals surface area contributed by atoms with Crippen LogP contribution in [0.5, 0.6) is 0 Å². The Morgan fingerprint density at radius 2 is 1.69 bits per heavy atom. The predicted molar refractivity (Wildman–Crippen MR) is 118 cm³/mol. The van der Waals surface area contributed by atoms with E-state index in [9.17, 15) is 9.59 Å². The van der Waals surface area contributed by atoms with Crippen LogP contribution in [0.25, 0.3) is 10.2 Å². The molecule has 2 amide bonds. The highest BCUT2D eigenvalue weighted by Gasteiger charge is 2.14. The third-order valence-corrected chi connectivity index (χ3v) is 5.75. The number of amides is 2. The second-order valence-electron chi connectivity index (χ2n) is 8.01. The number of carbonyl (C=O) groups is 2. The molecule has 1 heterocycles. The highest BCUT2D eigenvalue weighted by molar-refractivity contribution is 7.18. The number of thiazole rings is 1. The summed E-state index contributed by atoms with van der Waals surface area (Å²) in [6, 6.07) is 15.6. The van der Waals surface area contributed by atoms with Gasteiger partial charge in [-0.2, -0.15) is 0 Å². The largest absolute Gasteiger partial charge is 0.356 e. The molecule has 3 rings (SSSR count). The van der Waals surface area contributed by atoms with Crippen molar-refractivity contribution in [1.29, 1.82) is 0 Å². The van der Waals surface area contributed by atoms with E-state index in [1.807, 2.05) is 42.5 Å². The quantitative estimate of drug-likeness (QED) is 0.618. The van der Waals surface area contributed by atoms with Gasteiger partial charge in [-0.15, -0.1) is 11.3 Å². The first-order chi connectivity index (χ1) is 13.8. The van der Waals surface area contributed by atoms with Crippen molar-refractivity contribution in [3.63, 3.8) is 0 Å². The number of fused-ring (bicyclic) bond motifs is 1. The molecule has 3 aromatic rings. The highest BCUT2D eigenvalue weighted by atomic mass is 32.1. The van der Waals surface area contributed by atoms with Crippen molar-refractivity contribution in [2.75, 3.05) is 13.1 Å². The molecule has 1 aromatic heterocycles. The first-order valence-electron chi connectivity index (χ1n) is 9.83. The predicted octanol–water partition coefficient (Wildman–Crippen LogP) is 4.07. The lowest BCUT2D eigenvalue weighted by molar-refractivity contribution is -0.120. The number of aromatic nitrogens is 1. The van der Waals surface area contributed by atoms with E-state index >= 15 is 0 Å². The number of hydrogen-bond acceptors (Lipinski definition) is 4. The molecule has 0 radical (unpaired) electrons. The van der Waals surface area contributed by atoms with Gasteiger partial charge < -0.3 is 10.6 Å². The van der Waals surface area contributed by atoms with E-state index in [-0.39, 0.29) is 23.7 Å².